The van der Waals surface area contributed by atoms with Crippen LogP contribution in [0.4, 0.5) is 0 Å². The Bertz CT molecular complexity index is 2600. The van der Waals surface area contributed by atoms with E-state index in [0.717, 1.165) is 50.8 Å². The van der Waals surface area contributed by atoms with Crippen LogP contribution in [-0.2, 0) is 7.05 Å². The van der Waals surface area contributed by atoms with E-state index < -0.39 is 0 Å². The van der Waals surface area contributed by atoms with E-state index in [4.69, 9.17) is 9.72 Å². The second-order valence-corrected chi connectivity index (χ2v) is 12.2. The molecular weight excluding hydrogens is 578 g/mol. The lowest BCUT2D eigenvalue weighted by atomic mass is 10.1. The monoisotopic (exact) mass is 609 g/mol. The van der Waals surface area contributed by atoms with Crippen LogP contribution < -0.4 is 4.74 Å². The summed E-state index contributed by atoms with van der Waals surface area (Å²) in [7, 11) is 2.00. The SMILES string of the molecule is Cc1cccc2c3cccc(C)c3n(-c3ccnc(-n4c5ccccc5c5ccc(Oc6cccc(-c7nccn7C)c6)cc54)c3)c12. The molecule has 0 spiro atoms. The molecule has 5 aromatic carbocycles. The highest BCUT2D eigenvalue weighted by molar-refractivity contribution is 6.12. The molecule has 0 fully saturated rings. The third-order valence-corrected chi connectivity index (χ3v) is 9.22. The second kappa shape index (κ2) is 10.5. The zero-order valence-electron chi connectivity index (χ0n) is 26.3. The Morgan fingerprint density at radius 2 is 1.26 bits per heavy atom. The van der Waals surface area contributed by atoms with Crippen molar-refractivity contribution in [1.82, 2.24) is 23.7 Å². The average molecular weight is 610 g/mol. The Balaban J connectivity index is 1.22. The lowest BCUT2D eigenvalue weighted by Crippen LogP contribution is -2.02. The van der Waals surface area contributed by atoms with E-state index in [-0.39, 0.29) is 0 Å². The third kappa shape index (κ3) is 4.26. The molecule has 0 unspecified atom stereocenters. The van der Waals surface area contributed by atoms with Gasteiger partial charge in [0.2, 0.25) is 0 Å². The molecule has 0 aliphatic heterocycles. The van der Waals surface area contributed by atoms with Gasteiger partial charge in [-0.15, -0.1) is 0 Å². The molecular formula is C41H31N5O. The molecule has 0 aliphatic rings. The number of imidazole rings is 1. The molecule has 9 aromatic rings. The standard InChI is InChI=1S/C41H31N5O/c1-26-9-6-14-34-35-15-7-10-27(2)40(35)45(39(26)34)29-19-20-42-38(24-29)46-36-16-5-4-13-32(36)33-18-17-31(25-37(33)46)47-30-12-8-11-28(23-30)41-43-21-22-44(41)3/h4-25H,1-3H3. The molecule has 226 valence electrons. The summed E-state index contributed by atoms with van der Waals surface area (Å²) in [6, 6.07) is 40.3. The number of ether oxygens (including phenoxy) is 1. The van der Waals surface area contributed by atoms with Crippen LogP contribution in [-0.4, -0.2) is 23.7 Å². The molecule has 0 bridgehead atoms. The molecule has 0 saturated carbocycles. The van der Waals surface area contributed by atoms with Gasteiger partial charge in [0, 0.05) is 64.9 Å². The van der Waals surface area contributed by atoms with Crippen LogP contribution in [0.15, 0.2) is 134 Å². The van der Waals surface area contributed by atoms with Crippen LogP contribution >= 0.6 is 0 Å². The highest BCUT2D eigenvalue weighted by Gasteiger charge is 2.18. The van der Waals surface area contributed by atoms with Gasteiger partial charge in [-0.05, 0) is 61.4 Å². The summed E-state index contributed by atoms with van der Waals surface area (Å²) in [5.41, 5.74) is 9.12. The Labute approximate surface area is 271 Å². The number of hydrogen-bond donors (Lipinski definition) is 0. The van der Waals surface area contributed by atoms with Crippen LogP contribution in [0.5, 0.6) is 11.5 Å². The molecule has 0 saturated heterocycles. The third-order valence-electron chi connectivity index (χ3n) is 9.22. The first-order valence-electron chi connectivity index (χ1n) is 15.8. The van der Waals surface area contributed by atoms with Crippen molar-refractivity contribution in [2.24, 2.45) is 7.05 Å². The number of rotatable bonds is 5. The van der Waals surface area contributed by atoms with Crippen molar-refractivity contribution in [3.63, 3.8) is 0 Å². The number of benzene rings is 5. The van der Waals surface area contributed by atoms with Crippen LogP contribution in [0.25, 0.3) is 66.5 Å². The van der Waals surface area contributed by atoms with Gasteiger partial charge in [-0.3, -0.25) is 4.57 Å². The summed E-state index contributed by atoms with van der Waals surface area (Å²) >= 11 is 0. The van der Waals surface area contributed by atoms with E-state index in [1.54, 1.807) is 0 Å². The zero-order chi connectivity index (χ0) is 31.6. The molecule has 6 nitrogen and oxygen atoms in total. The Kier molecular flexibility index (Phi) is 6.05. The Hall–Kier alpha value is -6.14. The van der Waals surface area contributed by atoms with Gasteiger partial charge in [0.1, 0.15) is 23.1 Å². The first kappa shape index (κ1) is 27.2. The van der Waals surface area contributed by atoms with Gasteiger partial charge in [-0.2, -0.15) is 0 Å². The van der Waals surface area contributed by atoms with Crippen molar-refractivity contribution in [3.05, 3.63) is 145 Å². The van der Waals surface area contributed by atoms with Crippen molar-refractivity contribution in [3.8, 4) is 34.4 Å². The number of aryl methyl sites for hydroxylation is 3. The van der Waals surface area contributed by atoms with Crippen molar-refractivity contribution in [1.29, 1.82) is 0 Å². The summed E-state index contributed by atoms with van der Waals surface area (Å²) < 4.78 is 13.1. The van der Waals surface area contributed by atoms with Gasteiger partial charge in [-0.25, -0.2) is 9.97 Å². The summed E-state index contributed by atoms with van der Waals surface area (Å²) in [5, 5.41) is 4.83. The van der Waals surface area contributed by atoms with E-state index in [9.17, 15) is 0 Å². The van der Waals surface area contributed by atoms with Crippen LogP contribution in [0, 0.1) is 13.8 Å². The maximum Gasteiger partial charge on any atom is 0.139 e. The molecule has 6 heteroatoms. The summed E-state index contributed by atoms with van der Waals surface area (Å²) in [4.78, 5) is 9.47. The minimum absolute atomic E-state index is 0.753. The maximum absolute atomic E-state index is 6.48. The molecule has 9 rings (SSSR count). The molecule has 0 amide bonds. The topological polar surface area (TPSA) is 49.8 Å². The van der Waals surface area contributed by atoms with Gasteiger partial charge in [-0.1, -0.05) is 66.7 Å². The number of pyridine rings is 1. The van der Waals surface area contributed by atoms with E-state index in [0.29, 0.717) is 0 Å². The van der Waals surface area contributed by atoms with Crippen molar-refractivity contribution < 1.29 is 4.74 Å². The molecule has 4 heterocycles. The number of fused-ring (bicyclic) bond motifs is 6. The highest BCUT2D eigenvalue weighted by Crippen LogP contribution is 2.38. The fraction of sp³-hybridized carbons (Fsp3) is 0.0732. The first-order valence-corrected chi connectivity index (χ1v) is 15.8. The summed E-state index contributed by atoms with van der Waals surface area (Å²) in [6.45, 7) is 4.38. The Morgan fingerprint density at radius 3 is 2.02 bits per heavy atom. The largest absolute Gasteiger partial charge is 0.457 e. The average Bonchev–Trinajstić information content (AvgIpc) is 3.78. The second-order valence-electron chi connectivity index (χ2n) is 12.2. The minimum Gasteiger partial charge on any atom is -0.457 e. The predicted octanol–water partition coefficient (Wildman–Crippen LogP) is 10.1. The van der Waals surface area contributed by atoms with E-state index in [1.807, 2.05) is 54.5 Å². The first-order chi connectivity index (χ1) is 23.0. The van der Waals surface area contributed by atoms with E-state index in [2.05, 4.69) is 119 Å². The van der Waals surface area contributed by atoms with Crippen LogP contribution in [0.3, 0.4) is 0 Å². The van der Waals surface area contributed by atoms with Crippen LogP contribution in [0.1, 0.15) is 11.1 Å². The maximum atomic E-state index is 6.48. The van der Waals surface area contributed by atoms with Gasteiger partial charge >= 0.3 is 0 Å². The number of aromatic nitrogens is 5. The Morgan fingerprint density at radius 1 is 0.553 bits per heavy atom. The lowest BCUT2D eigenvalue weighted by molar-refractivity contribution is 0.483. The number of para-hydroxylation sites is 3. The summed E-state index contributed by atoms with van der Waals surface area (Å²) in [6.07, 6.45) is 5.67. The molecule has 0 atom stereocenters. The quantitative estimate of drug-likeness (QED) is 0.195. The molecule has 0 aliphatic carbocycles. The zero-order valence-corrected chi connectivity index (χ0v) is 26.3. The van der Waals surface area contributed by atoms with E-state index in [1.165, 1.54) is 38.3 Å². The lowest BCUT2D eigenvalue weighted by Gasteiger charge is -2.14. The normalized spacial score (nSPS) is 11.7. The fourth-order valence-corrected chi connectivity index (χ4v) is 7.12. The highest BCUT2D eigenvalue weighted by atomic mass is 16.5. The predicted molar refractivity (Wildman–Crippen MR) is 191 cm³/mol. The van der Waals surface area contributed by atoms with Crippen molar-refractivity contribution in [2.45, 2.75) is 13.8 Å². The number of hydrogen-bond acceptors (Lipinski definition) is 3. The fourth-order valence-electron chi connectivity index (χ4n) is 7.12. The minimum atomic E-state index is 0.753. The van der Waals surface area contributed by atoms with Gasteiger partial charge in [0.05, 0.1) is 27.8 Å². The van der Waals surface area contributed by atoms with Crippen molar-refractivity contribution >= 4 is 43.6 Å². The van der Waals surface area contributed by atoms with E-state index >= 15 is 0 Å². The van der Waals surface area contributed by atoms with Gasteiger partial charge in [0.15, 0.2) is 0 Å². The summed E-state index contributed by atoms with van der Waals surface area (Å²) in [5.74, 6) is 3.25. The molecule has 0 N–H and O–H groups in total. The smallest absolute Gasteiger partial charge is 0.139 e. The molecule has 4 aromatic heterocycles. The van der Waals surface area contributed by atoms with Gasteiger partial charge < -0.3 is 13.9 Å². The van der Waals surface area contributed by atoms with Gasteiger partial charge in [0.25, 0.3) is 0 Å². The number of nitrogens with zero attached hydrogens (tertiary/aromatic N) is 5. The molecule has 0 radical (unpaired) electrons. The molecule has 47 heavy (non-hydrogen) atoms. The van der Waals surface area contributed by atoms with Crippen molar-refractivity contribution in [2.75, 3.05) is 0 Å². The van der Waals surface area contributed by atoms with Crippen LogP contribution in [0.2, 0.25) is 0 Å².